The molecule has 0 bridgehead atoms. The lowest BCUT2D eigenvalue weighted by atomic mass is 10.2. The van der Waals surface area contributed by atoms with Crippen LogP contribution in [0.1, 0.15) is 15.9 Å². The number of methoxy groups -OCH3 is 1. The van der Waals surface area contributed by atoms with Crippen molar-refractivity contribution in [2.45, 2.75) is 6.54 Å². The molecule has 2 rings (SSSR count). The predicted octanol–water partition coefficient (Wildman–Crippen LogP) is 2.71. The van der Waals surface area contributed by atoms with Gasteiger partial charge in [0.05, 0.1) is 12.7 Å². The van der Waals surface area contributed by atoms with E-state index >= 15 is 0 Å². The first-order chi connectivity index (χ1) is 9.60. The third-order valence-electron chi connectivity index (χ3n) is 2.87. The molecule has 0 aliphatic carbocycles. The van der Waals surface area contributed by atoms with Crippen molar-refractivity contribution in [1.82, 2.24) is 0 Å². The van der Waals surface area contributed by atoms with Gasteiger partial charge in [-0.25, -0.2) is 4.79 Å². The molecule has 0 saturated heterocycles. The van der Waals surface area contributed by atoms with Gasteiger partial charge in [0.2, 0.25) is 0 Å². The molecular formula is C15H15NO4. The van der Waals surface area contributed by atoms with Gasteiger partial charge < -0.3 is 20.3 Å². The third-order valence-corrected chi connectivity index (χ3v) is 2.87. The number of hydrogen-bond donors (Lipinski definition) is 3. The van der Waals surface area contributed by atoms with Crippen LogP contribution in [0.4, 0.5) is 5.69 Å². The lowest BCUT2D eigenvalue weighted by molar-refractivity contribution is 0.0697. The molecule has 2 aromatic rings. The van der Waals surface area contributed by atoms with Crippen molar-refractivity contribution in [3.63, 3.8) is 0 Å². The molecule has 0 aromatic heterocycles. The van der Waals surface area contributed by atoms with E-state index in [4.69, 9.17) is 9.84 Å². The summed E-state index contributed by atoms with van der Waals surface area (Å²) in [5, 5.41) is 21.5. The quantitative estimate of drug-likeness (QED) is 0.780. The standard InChI is InChI=1S/C15H15NO4/c1-20-14-8-10(2-7-13(14)17)9-16-12-5-3-11(4-6-12)15(18)19/h2-8,16-17H,9H2,1H3,(H,18,19). The zero-order chi connectivity index (χ0) is 14.5. The second-order valence-corrected chi connectivity index (χ2v) is 4.24. The van der Waals surface area contributed by atoms with Crippen molar-refractivity contribution in [1.29, 1.82) is 0 Å². The maximum Gasteiger partial charge on any atom is 0.335 e. The molecule has 5 nitrogen and oxygen atoms in total. The van der Waals surface area contributed by atoms with E-state index in [1.54, 1.807) is 42.5 Å². The van der Waals surface area contributed by atoms with Crippen molar-refractivity contribution in [3.05, 3.63) is 53.6 Å². The summed E-state index contributed by atoms with van der Waals surface area (Å²) in [7, 11) is 1.50. The van der Waals surface area contributed by atoms with E-state index in [0.717, 1.165) is 11.3 Å². The van der Waals surface area contributed by atoms with Crippen LogP contribution in [0.15, 0.2) is 42.5 Å². The van der Waals surface area contributed by atoms with E-state index in [1.165, 1.54) is 7.11 Å². The van der Waals surface area contributed by atoms with Crippen LogP contribution in [0, 0.1) is 0 Å². The van der Waals surface area contributed by atoms with E-state index in [1.807, 2.05) is 0 Å². The molecule has 5 heteroatoms. The summed E-state index contributed by atoms with van der Waals surface area (Å²) in [6.45, 7) is 0.545. The molecule has 0 amide bonds. The van der Waals surface area contributed by atoms with E-state index in [0.29, 0.717) is 12.3 Å². The van der Waals surface area contributed by atoms with Crippen molar-refractivity contribution in [2.24, 2.45) is 0 Å². The SMILES string of the molecule is COc1cc(CNc2ccc(C(=O)O)cc2)ccc1O. The molecule has 3 N–H and O–H groups in total. The molecule has 0 aliphatic heterocycles. The number of aromatic carboxylic acids is 1. The van der Waals surface area contributed by atoms with Crippen LogP contribution in [0.5, 0.6) is 11.5 Å². The highest BCUT2D eigenvalue weighted by atomic mass is 16.5. The fraction of sp³-hybridized carbons (Fsp3) is 0.133. The number of carboxylic acid groups (broad SMARTS) is 1. The number of benzene rings is 2. The zero-order valence-corrected chi connectivity index (χ0v) is 11.0. The van der Waals surface area contributed by atoms with Gasteiger partial charge in [-0.3, -0.25) is 0 Å². The van der Waals surface area contributed by atoms with Gasteiger partial charge in [-0.1, -0.05) is 6.07 Å². The Labute approximate surface area is 116 Å². The minimum Gasteiger partial charge on any atom is -0.504 e. The maximum absolute atomic E-state index is 10.7. The second-order valence-electron chi connectivity index (χ2n) is 4.24. The van der Waals surface area contributed by atoms with Crippen LogP contribution in [0.2, 0.25) is 0 Å². The van der Waals surface area contributed by atoms with E-state index < -0.39 is 5.97 Å². The minimum absolute atomic E-state index is 0.0991. The number of ether oxygens (including phenoxy) is 1. The molecule has 104 valence electrons. The smallest absolute Gasteiger partial charge is 0.335 e. The van der Waals surface area contributed by atoms with Crippen LogP contribution >= 0.6 is 0 Å². The number of hydrogen-bond acceptors (Lipinski definition) is 4. The fourth-order valence-corrected chi connectivity index (χ4v) is 1.77. The monoisotopic (exact) mass is 273 g/mol. The van der Waals surface area contributed by atoms with Gasteiger partial charge in [-0.2, -0.15) is 0 Å². The summed E-state index contributed by atoms with van der Waals surface area (Å²) < 4.78 is 5.04. The molecular weight excluding hydrogens is 258 g/mol. The topological polar surface area (TPSA) is 78.8 Å². The van der Waals surface area contributed by atoms with E-state index in [-0.39, 0.29) is 11.3 Å². The molecule has 0 atom stereocenters. The highest BCUT2D eigenvalue weighted by Gasteiger charge is 2.04. The summed E-state index contributed by atoms with van der Waals surface area (Å²) >= 11 is 0. The predicted molar refractivity (Wildman–Crippen MR) is 75.4 cm³/mol. The molecule has 0 heterocycles. The lowest BCUT2D eigenvalue weighted by Crippen LogP contribution is -2.01. The number of anilines is 1. The Morgan fingerprint density at radius 3 is 2.50 bits per heavy atom. The van der Waals surface area contributed by atoms with E-state index in [2.05, 4.69) is 5.32 Å². The summed E-state index contributed by atoms with van der Waals surface area (Å²) in [6.07, 6.45) is 0. The second kappa shape index (κ2) is 5.97. The summed E-state index contributed by atoms with van der Waals surface area (Å²) in [4.78, 5) is 10.7. The van der Waals surface area contributed by atoms with Crippen molar-refractivity contribution >= 4 is 11.7 Å². The lowest BCUT2D eigenvalue weighted by Gasteiger charge is -2.09. The van der Waals surface area contributed by atoms with Crippen molar-refractivity contribution in [2.75, 3.05) is 12.4 Å². The average molecular weight is 273 g/mol. The summed E-state index contributed by atoms with van der Waals surface area (Å²) in [5.41, 5.74) is 2.02. The maximum atomic E-state index is 10.7. The van der Waals surface area contributed by atoms with E-state index in [9.17, 15) is 9.90 Å². The third kappa shape index (κ3) is 3.20. The van der Waals surface area contributed by atoms with Crippen LogP contribution in [-0.4, -0.2) is 23.3 Å². The van der Waals surface area contributed by atoms with Gasteiger partial charge in [0.1, 0.15) is 0 Å². The molecule has 0 radical (unpaired) electrons. The molecule has 2 aromatic carbocycles. The number of phenolic OH excluding ortho intramolecular Hbond substituents is 1. The Morgan fingerprint density at radius 2 is 1.90 bits per heavy atom. The Kier molecular flexibility index (Phi) is 4.10. The number of nitrogens with one attached hydrogen (secondary N) is 1. The Morgan fingerprint density at radius 1 is 1.20 bits per heavy atom. The zero-order valence-electron chi connectivity index (χ0n) is 11.0. The Balaban J connectivity index is 2.03. The number of carbonyl (C=O) groups is 1. The van der Waals surface area contributed by atoms with Crippen molar-refractivity contribution in [3.8, 4) is 11.5 Å². The first-order valence-electron chi connectivity index (χ1n) is 6.03. The van der Waals surface area contributed by atoms with Crippen LogP contribution < -0.4 is 10.1 Å². The van der Waals surface area contributed by atoms with Crippen molar-refractivity contribution < 1.29 is 19.7 Å². The van der Waals surface area contributed by atoms with Crippen LogP contribution in [0.3, 0.4) is 0 Å². The molecule has 0 fully saturated rings. The first-order valence-corrected chi connectivity index (χ1v) is 6.03. The molecule has 20 heavy (non-hydrogen) atoms. The number of aromatic hydroxyl groups is 1. The molecule has 0 unspecified atom stereocenters. The Hall–Kier alpha value is -2.69. The highest BCUT2D eigenvalue weighted by molar-refractivity contribution is 5.87. The number of carboxylic acids is 1. The fourth-order valence-electron chi connectivity index (χ4n) is 1.77. The van der Waals surface area contributed by atoms with Gasteiger partial charge in [0.25, 0.3) is 0 Å². The molecule has 0 aliphatic rings. The summed E-state index contributed by atoms with van der Waals surface area (Å²) in [6, 6.07) is 11.6. The van der Waals surface area contributed by atoms with Crippen LogP contribution in [-0.2, 0) is 6.54 Å². The minimum atomic E-state index is -0.945. The molecule has 0 spiro atoms. The summed E-state index contributed by atoms with van der Waals surface area (Å²) in [5.74, 6) is -0.424. The van der Waals surface area contributed by atoms with Gasteiger partial charge in [-0.05, 0) is 42.0 Å². The van der Waals surface area contributed by atoms with Gasteiger partial charge in [0.15, 0.2) is 11.5 Å². The first kappa shape index (κ1) is 13.7. The number of rotatable bonds is 5. The normalized spacial score (nSPS) is 10.1. The Bertz CT molecular complexity index is 608. The van der Waals surface area contributed by atoms with Gasteiger partial charge in [-0.15, -0.1) is 0 Å². The van der Waals surface area contributed by atoms with Gasteiger partial charge in [0, 0.05) is 12.2 Å². The molecule has 0 saturated carbocycles. The van der Waals surface area contributed by atoms with Crippen LogP contribution in [0.25, 0.3) is 0 Å². The largest absolute Gasteiger partial charge is 0.504 e. The highest BCUT2D eigenvalue weighted by Crippen LogP contribution is 2.26. The average Bonchev–Trinajstić information content (AvgIpc) is 2.46. The van der Waals surface area contributed by atoms with Gasteiger partial charge >= 0.3 is 5.97 Å². The number of phenols is 1.